The van der Waals surface area contributed by atoms with E-state index in [1.807, 2.05) is 0 Å². The molecule has 5 heteroatoms. The van der Waals surface area contributed by atoms with Crippen molar-refractivity contribution >= 4 is 5.97 Å². The molecule has 0 aromatic carbocycles. The summed E-state index contributed by atoms with van der Waals surface area (Å²) in [7, 11) is 0. The lowest BCUT2D eigenvalue weighted by Crippen LogP contribution is -2.24. The van der Waals surface area contributed by atoms with Crippen LogP contribution >= 0.6 is 0 Å². The summed E-state index contributed by atoms with van der Waals surface area (Å²) < 4.78 is 1.69. The molecule has 0 spiro atoms. The Morgan fingerprint density at radius 3 is 3.23 bits per heavy atom. The van der Waals surface area contributed by atoms with Crippen molar-refractivity contribution in [2.24, 2.45) is 5.73 Å². The summed E-state index contributed by atoms with van der Waals surface area (Å²) in [6.45, 7) is 0.713. The van der Waals surface area contributed by atoms with Crippen molar-refractivity contribution in [3.05, 3.63) is 17.7 Å². The number of carboxylic acid groups (broad SMARTS) is 1. The second kappa shape index (κ2) is 2.85. The Labute approximate surface area is 75.2 Å². The zero-order valence-corrected chi connectivity index (χ0v) is 7.10. The van der Waals surface area contributed by atoms with Gasteiger partial charge in [-0.3, -0.25) is 0 Å². The van der Waals surface area contributed by atoms with E-state index in [9.17, 15) is 4.79 Å². The van der Waals surface area contributed by atoms with Crippen LogP contribution in [-0.2, 0) is 6.54 Å². The minimum atomic E-state index is -0.937. The number of carboxylic acids is 1. The number of carbonyl (C=O) groups is 1. The summed E-state index contributed by atoms with van der Waals surface area (Å²) in [6, 6.07) is -0.109. The van der Waals surface area contributed by atoms with Crippen LogP contribution < -0.4 is 5.73 Å². The van der Waals surface area contributed by atoms with Gasteiger partial charge in [0.1, 0.15) is 11.5 Å². The smallest absolute Gasteiger partial charge is 0.354 e. The zero-order chi connectivity index (χ0) is 9.42. The Morgan fingerprint density at radius 2 is 2.54 bits per heavy atom. The molecular formula is C8H11N3O2. The van der Waals surface area contributed by atoms with Gasteiger partial charge in [0.2, 0.25) is 0 Å². The number of aromatic nitrogens is 2. The predicted octanol–water partition coefficient (Wildman–Crippen LogP) is 0.375. The number of fused-ring (bicyclic) bond motifs is 1. The maximum absolute atomic E-state index is 10.7. The van der Waals surface area contributed by atoms with Crippen LogP contribution in [0.3, 0.4) is 0 Å². The van der Waals surface area contributed by atoms with Gasteiger partial charge in [-0.15, -0.1) is 0 Å². The minimum Gasteiger partial charge on any atom is -0.477 e. The Morgan fingerprint density at radius 1 is 1.77 bits per heavy atom. The molecule has 5 nitrogen and oxygen atoms in total. The first-order valence-electron chi connectivity index (χ1n) is 4.24. The van der Waals surface area contributed by atoms with Crippen LogP contribution in [0.4, 0.5) is 0 Å². The lowest BCUT2D eigenvalue weighted by molar-refractivity contribution is 0.0683. The summed E-state index contributed by atoms with van der Waals surface area (Å²) in [5, 5.41) is 8.81. The fraction of sp³-hybridized carbons (Fsp3) is 0.500. The highest BCUT2D eigenvalue weighted by Gasteiger charge is 2.23. The maximum atomic E-state index is 10.7. The number of hydrogen-bond donors (Lipinski definition) is 2. The molecule has 13 heavy (non-hydrogen) atoms. The SMILES string of the molecule is NC1CCCn2c(C(=O)O)cnc21. The molecule has 70 valence electrons. The standard InChI is InChI=1S/C8H11N3O2/c9-5-2-1-3-11-6(8(12)13)4-10-7(5)11/h4-5H,1-3,9H2,(H,12,13). The normalized spacial score (nSPS) is 21.2. The van der Waals surface area contributed by atoms with E-state index >= 15 is 0 Å². The number of aromatic carboxylic acids is 1. The van der Waals surface area contributed by atoms with Crippen molar-refractivity contribution in [2.45, 2.75) is 25.4 Å². The molecule has 2 heterocycles. The number of nitrogens with two attached hydrogens (primary N) is 1. The molecule has 0 radical (unpaired) electrons. The largest absolute Gasteiger partial charge is 0.477 e. The van der Waals surface area contributed by atoms with Gasteiger partial charge in [-0.25, -0.2) is 9.78 Å². The molecule has 0 bridgehead atoms. The first-order valence-corrected chi connectivity index (χ1v) is 4.24. The van der Waals surface area contributed by atoms with E-state index in [2.05, 4.69) is 4.98 Å². The Bertz CT molecular complexity index is 345. The topological polar surface area (TPSA) is 81.1 Å². The number of hydrogen-bond acceptors (Lipinski definition) is 3. The molecule has 0 fully saturated rings. The average Bonchev–Trinajstić information content (AvgIpc) is 2.48. The molecule has 0 aliphatic carbocycles. The van der Waals surface area contributed by atoms with Gasteiger partial charge in [0.15, 0.2) is 0 Å². The van der Waals surface area contributed by atoms with E-state index in [4.69, 9.17) is 10.8 Å². The Hall–Kier alpha value is -1.36. The van der Waals surface area contributed by atoms with Gasteiger partial charge < -0.3 is 15.4 Å². The van der Waals surface area contributed by atoms with Crippen LogP contribution in [0.5, 0.6) is 0 Å². The van der Waals surface area contributed by atoms with Crippen molar-refractivity contribution in [3.8, 4) is 0 Å². The van der Waals surface area contributed by atoms with Crippen molar-refractivity contribution < 1.29 is 9.90 Å². The number of imidazole rings is 1. The van der Waals surface area contributed by atoms with Crippen molar-refractivity contribution in [1.82, 2.24) is 9.55 Å². The molecule has 1 atom stereocenters. The minimum absolute atomic E-state index is 0.109. The Kier molecular flexibility index (Phi) is 1.81. The van der Waals surface area contributed by atoms with Crippen LogP contribution in [0.1, 0.15) is 35.2 Å². The molecule has 3 N–H and O–H groups in total. The molecule has 0 saturated carbocycles. The second-order valence-corrected chi connectivity index (χ2v) is 3.21. The highest BCUT2D eigenvalue weighted by Crippen LogP contribution is 2.22. The van der Waals surface area contributed by atoms with E-state index in [1.54, 1.807) is 4.57 Å². The first-order chi connectivity index (χ1) is 6.20. The van der Waals surface area contributed by atoms with Crippen molar-refractivity contribution in [2.75, 3.05) is 0 Å². The van der Waals surface area contributed by atoms with Gasteiger partial charge in [-0.1, -0.05) is 0 Å². The quantitative estimate of drug-likeness (QED) is 0.656. The first kappa shape index (κ1) is 8.25. The fourth-order valence-corrected chi connectivity index (χ4v) is 1.69. The van der Waals surface area contributed by atoms with Gasteiger partial charge in [0, 0.05) is 6.54 Å². The highest BCUT2D eigenvalue weighted by molar-refractivity contribution is 5.85. The van der Waals surface area contributed by atoms with Crippen molar-refractivity contribution in [3.63, 3.8) is 0 Å². The number of rotatable bonds is 1. The summed E-state index contributed by atoms with van der Waals surface area (Å²) in [4.78, 5) is 14.8. The third-order valence-electron chi connectivity index (χ3n) is 2.33. The van der Waals surface area contributed by atoms with Gasteiger partial charge in [-0.05, 0) is 12.8 Å². The van der Waals surface area contributed by atoms with Gasteiger partial charge >= 0.3 is 5.97 Å². The molecule has 2 rings (SSSR count). The maximum Gasteiger partial charge on any atom is 0.354 e. The second-order valence-electron chi connectivity index (χ2n) is 3.21. The van der Waals surface area contributed by atoms with Crippen LogP contribution in [0.2, 0.25) is 0 Å². The summed E-state index contributed by atoms with van der Waals surface area (Å²) >= 11 is 0. The Balaban J connectivity index is 2.47. The molecule has 0 saturated heterocycles. The summed E-state index contributed by atoms with van der Waals surface area (Å²) in [5.74, 6) is -0.239. The van der Waals surface area contributed by atoms with Crippen LogP contribution in [0, 0.1) is 0 Å². The van der Waals surface area contributed by atoms with E-state index in [1.165, 1.54) is 6.20 Å². The lowest BCUT2D eigenvalue weighted by Gasteiger charge is -2.20. The molecule has 1 aliphatic rings. The molecule has 1 unspecified atom stereocenters. The van der Waals surface area contributed by atoms with E-state index < -0.39 is 5.97 Å². The van der Waals surface area contributed by atoms with Crippen LogP contribution in [0.15, 0.2) is 6.20 Å². The third kappa shape index (κ3) is 1.21. The predicted molar refractivity (Wildman–Crippen MR) is 45.3 cm³/mol. The summed E-state index contributed by atoms with van der Waals surface area (Å²) in [6.07, 6.45) is 3.18. The molecule has 1 aliphatic heterocycles. The van der Waals surface area contributed by atoms with Crippen molar-refractivity contribution in [1.29, 1.82) is 0 Å². The van der Waals surface area contributed by atoms with Gasteiger partial charge in [0.25, 0.3) is 0 Å². The van der Waals surface area contributed by atoms with Gasteiger partial charge in [0.05, 0.1) is 12.2 Å². The molecular weight excluding hydrogens is 170 g/mol. The van der Waals surface area contributed by atoms with Crippen LogP contribution in [0.25, 0.3) is 0 Å². The van der Waals surface area contributed by atoms with E-state index in [-0.39, 0.29) is 11.7 Å². The fourth-order valence-electron chi connectivity index (χ4n) is 1.69. The highest BCUT2D eigenvalue weighted by atomic mass is 16.4. The molecule has 1 aromatic heterocycles. The van der Waals surface area contributed by atoms with E-state index in [0.717, 1.165) is 12.8 Å². The monoisotopic (exact) mass is 181 g/mol. The molecule has 1 aromatic rings. The number of nitrogens with zero attached hydrogens (tertiary/aromatic N) is 2. The average molecular weight is 181 g/mol. The zero-order valence-electron chi connectivity index (χ0n) is 7.10. The molecule has 0 amide bonds. The van der Waals surface area contributed by atoms with E-state index in [0.29, 0.717) is 12.4 Å². The summed E-state index contributed by atoms with van der Waals surface area (Å²) in [5.41, 5.74) is 6.02. The van der Waals surface area contributed by atoms with Gasteiger partial charge in [-0.2, -0.15) is 0 Å². The third-order valence-corrected chi connectivity index (χ3v) is 2.33. The lowest BCUT2D eigenvalue weighted by atomic mass is 10.1. The van der Waals surface area contributed by atoms with Crippen LogP contribution in [-0.4, -0.2) is 20.6 Å².